The molecule has 0 saturated carbocycles. The number of hydrogen-bond acceptors (Lipinski definition) is 3. The molecule has 2 aliphatic heterocycles. The van der Waals surface area contributed by atoms with Crippen LogP contribution in [0.5, 0.6) is 0 Å². The van der Waals surface area contributed by atoms with Crippen LogP contribution in [0.1, 0.15) is 35.2 Å². The summed E-state index contributed by atoms with van der Waals surface area (Å²) in [5.74, 6) is 0.174. The summed E-state index contributed by atoms with van der Waals surface area (Å²) in [5, 5.41) is 3.14. The third-order valence-electron chi connectivity index (χ3n) is 4.80. The van der Waals surface area contributed by atoms with E-state index in [4.69, 9.17) is 0 Å². The molecule has 1 aromatic carbocycles. The van der Waals surface area contributed by atoms with Crippen molar-refractivity contribution >= 4 is 11.6 Å². The Morgan fingerprint density at radius 2 is 2.10 bits per heavy atom. The van der Waals surface area contributed by atoms with Gasteiger partial charge in [0, 0.05) is 38.4 Å². The lowest BCUT2D eigenvalue weighted by Gasteiger charge is -2.44. The molecular formula is C17H25N3O. The zero-order valence-corrected chi connectivity index (χ0v) is 13.1. The predicted octanol–water partition coefficient (Wildman–Crippen LogP) is 2.35. The van der Waals surface area contributed by atoms with Gasteiger partial charge in [0.25, 0.3) is 5.91 Å². The van der Waals surface area contributed by atoms with Crippen LogP contribution in [0.2, 0.25) is 0 Å². The molecule has 1 aromatic rings. The number of nitrogens with one attached hydrogen (secondary N) is 1. The molecule has 2 saturated heterocycles. The fourth-order valence-electron chi connectivity index (χ4n) is 3.56. The number of rotatable bonds is 2. The van der Waals surface area contributed by atoms with Crippen molar-refractivity contribution in [3.05, 3.63) is 29.3 Å². The minimum Gasteiger partial charge on any atom is -0.387 e. The Hall–Kier alpha value is -1.55. The fraction of sp³-hybridized carbons (Fsp3) is 0.588. The second-order valence-electron chi connectivity index (χ2n) is 6.24. The highest BCUT2D eigenvalue weighted by molar-refractivity contribution is 5.99. The monoisotopic (exact) mass is 287 g/mol. The molecule has 2 heterocycles. The number of aryl methyl sites for hydroxylation is 1. The van der Waals surface area contributed by atoms with E-state index in [9.17, 15) is 4.79 Å². The number of anilines is 1. The Labute approximate surface area is 127 Å². The van der Waals surface area contributed by atoms with Crippen molar-refractivity contribution in [2.45, 2.75) is 32.2 Å². The van der Waals surface area contributed by atoms with Crippen molar-refractivity contribution in [2.24, 2.45) is 0 Å². The van der Waals surface area contributed by atoms with Gasteiger partial charge in [-0.2, -0.15) is 0 Å². The lowest BCUT2D eigenvalue weighted by Crippen LogP contribution is -2.56. The van der Waals surface area contributed by atoms with Crippen molar-refractivity contribution in [2.75, 3.05) is 38.5 Å². The fourth-order valence-corrected chi connectivity index (χ4v) is 3.56. The molecule has 2 fully saturated rings. The van der Waals surface area contributed by atoms with E-state index in [1.807, 2.05) is 37.1 Å². The second kappa shape index (κ2) is 6.06. The number of carbonyl (C=O) groups is 1. The molecule has 2 aliphatic rings. The van der Waals surface area contributed by atoms with E-state index in [0.717, 1.165) is 36.4 Å². The molecule has 1 amide bonds. The van der Waals surface area contributed by atoms with E-state index in [1.165, 1.54) is 25.8 Å². The standard InChI is InChI=1S/C17H25N3O/c1-13-6-7-16(18-2)15(11-13)17(21)20-10-9-19-8-4-3-5-14(19)12-20/h6-7,11,14,18H,3-5,8-10,12H2,1-2H3. The number of nitrogens with zero attached hydrogens (tertiary/aromatic N) is 2. The molecule has 0 spiro atoms. The van der Waals surface area contributed by atoms with Gasteiger partial charge in [-0.3, -0.25) is 9.69 Å². The number of hydrogen-bond donors (Lipinski definition) is 1. The first-order chi connectivity index (χ1) is 10.2. The van der Waals surface area contributed by atoms with Gasteiger partial charge in [-0.15, -0.1) is 0 Å². The van der Waals surface area contributed by atoms with Crippen LogP contribution in [0.15, 0.2) is 18.2 Å². The van der Waals surface area contributed by atoms with Crippen LogP contribution in [0.4, 0.5) is 5.69 Å². The molecule has 21 heavy (non-hydrogen) atoms. The highest BCUT2D eigenvalue weighted by atomic mass is 16.2. The molecular weight excluding hydrogens is 262 g/mol. The van der Waals surface area contributed by atoms with E-state index in [0.29, 0.717) is 6.04 Å². The number of piperazine rings is 1. The van der Waals surface area contributed by atoms with Crippen molar-refractivity contribution in [3.63, 3.8) is 0 Å². The van der Waals surface area contributed by atoms with Crippen LogP contribution >= 0.6 is 0 Å². The first kappa shape index (κ1) is 14.4. The molecule has 0 aromatic heterocycles. The summed E-state index contributed by atoms with van der Waals surface area (Å²) in [6, 6.07) is 6.61. The first-order valence-corrected chi connectivity index (χ1v) is 8.01. The summed E-state index contributed by atoms with van der Waals surface area (Å²) < 4.78 is 0. The van der Waals surface area contributed by atoms with Crippen molar-refractivity contribution < 1.29 is 4.79 Å². The van der Waals surface area contributed by atoms with Gasteiger partial charge in [0.2, 0.25) is 0 Å². The largest absolute Gasteiger partial charge is 0.387 e. The van der Waals surface area contributed by atoms with Crippen molar-refractivity contribution in [3.8, 4) is 0 Å². The number of amides is 1. The summed E-state index contributed by atoms with van der Waals surface area (Å²) in [7, 11) is 1.88. The third-order valence-corrected chi connectivity index (χ3v) is 4.80. The van der Waals surface area contributed by atoms with Gasteiger partial charge < -0.3 is 10.2 Å². The van der Waals surface area contributed by atoms with Crippen LogP contribution in [-0.2, 0) is 0 Å². The number of carbonyl (C=O) groups excluding carboxylic acids is 1. The van der Waals surface area contributed by atoms with Gasteiger partial charge in [-0.05, 0) is 38.4 Å². The highest BCUT2D eigenvalue weighted by Gasteiger charge is 2.31. The maximum absolute atomic E-state index is 12.9. The Morgan fingerprint density at radius 3 is 2.90 bits per heavy atom. The second-order valence-corrected chi connectivity index (χ2v) is 6.24. The van der Waals surface area contributed by atoms with Crippen LogP contribution in [-0.4, -0.2) is 55.0 Å². The van der Waals surface area contributed by atoms with E-state index >= 15 is 0 Å². The van der Waals surface area contributed by atoms with Gasteiger partial charge in [0.05, 0.1) is 5.56 Å². The van der Waals surface area contributed by atoms with Gasteiger partial charge in [0.1, 0.15) is 0 Å². The number of benzene rings is 1. The topological polar surface area (TPSA) is 35.6 Å². The van der Waals surface area contributed by atoms with E-state index in [1.54, 1.807) is 0 Å². The molecule has 1 atom stereocenters. The van der Waals surface area contributed by atoms with Gasteiger partial charge in [-0.1, -0.05) is 18.1 Å². The molecule has 4 heteroatoms. The summed E-state index contributed by atoms with van der Waals surface area (Å²) in [5.41, 5.74) is 2.87. The summed E-state index contributed by atoms with van der Waals surface area (Å²) in [4.78, 5) is 17.5. The number of fused-ring (bicyclic) bond motifs is 1. The average molecular weight is 287 g/mol. The summed E-state index contributed by atoms with van der Waals surface area (Å²) in [6.45, 7) is 6.01. The highest BCUT2D eigenvalue weighted by Crippen LogP contribution is 2.24. The minimum absolute atomic E-state index is 0.174. The smallest absolute Gasteiger partial charge is 0.256 e. The summed E-state index contributed by atoms with van der Waals surface area (Å²) in [6.07, 6.45) is 3.85. The minimum atomic E-state index is 0.174. The van der Waals surface area contributed by atoms with Crippen molar-refractivity contribution in [1.82, 2.24) is 9.80 Å². The van der Waals surface area contributed by atoms with Crippen LogP contribution < -0.4 is 5.32 Å². The van der Waals surface area contributed by atoms with E-state index < -0.39 is 0 Å². The maximum atomic E-state index is 12.9. The molecule has 3 rings (SSSR count). The lowest BCUT2D eigenvalue weighted by molar-refractivity contribution is 0.0373. The van der Waals surface area contributed by atoms with Crippen LogP contribution in [0.25, 0.3) is 0 Å². The Bertz CT molecular complexity index is 529. The molecule has 1 N–H and O–H groups in total. The predicted molar refractivity (Wildman–Crippen MR) is 85.8 cm³/mol. The molecule has 0 bridgehead atoms. The first-order valence-electron chi connectivity index (χ1n) is 8.01. The Balaban J connectivity index is 1.77. The van der Waals surface area contributed by atoms with E-state index in [2.05, 4.69) is 10.2 Å². The molecule has 114 valence electrons. The van der Waals surface area contributed by atoms with Gasteiger partial charge >= 0.3 is 0 Å². The lowest BCUT2D eigenvalue weighted by atomic mass is 9.98. The van der Waals surface area contributed by atoms with Gasteiger partial charge in [-0.25, -0.2) is 0 Å². The quantitative estimate of drug-likeness (QED) is 0.907. The molecule has 0 radical (unpaired) electrons. The normalized spacial score (nSPS) is 22.8. The third kappa shape index (κ3) is 2.91. The zero-order valence-electron chi connectivity index (χ0n) is 13.1. The number of piperidine rings is 1. The average Bonchev–Trinajstić information content (AvgIpc) is 2.53. The Kier molecular flexibility index (Phi) is 4.15. The van der Waals surface area contributed by atoms with Crippen LogP contribution in [0, 0.1) is 6.92 Å². The van der Waals surface area contributed by atoms with Crippen molar-refractivity contribution in [1.29, 1.82) is 0 Å². The molecule has 0 aliphatic carbocycles. The summed E-state index contributed by atoms with van der Waals surface area (Å²) >= 11 is 0. The molecule has 1 unspecified atom stereocenters. The zero-order chi connectivity index (χ0) is 14.8. The SMILES string of the molecule is CNc1ccc(C)cc1C(=O)N1CCN2CCCCC2C1. The molecule has 4 nitrogen and oxygen atoms in total. The van der Waals surface area contributed by atoms with E-state index in [-0.39, 0.29) is 5.91 Å². The maximum Gasteiger partial charge on any atom is 0.256 e. The van der Waals surface area contributed by atoms with Gasteiger partial charge in [0.15, 0.2) is 0 Å². The van der Waals surface area contributed by atoms with Crippen LogP contribution in [0.3, 0.4) is 0 Å². The Morgan fingerprint density at radius 1 is 1.24 bits per heavy atom.